The molecule has 1 aliphatic heterocycles. The molecule has 0 saturated carbocycles. The van der Waals surface area contributed by atoms with Gasteiger partial charge >= 0.3 is 12.3 Å². The smallest absolute Gasteiger partial charge is 0.434 e. The number of allylic oxidation sites excluding steroid dienone is 2. The standard InChI is InChI=1S/C21H26N2O8/c1-6-28-20(24)30-18-13(4)22-14(5)19(31-21(25)29-11-12(2)3)17(18)15-9-7-8-10-16(15)23(26)27/h7-10,12,17,22H,6,11H2,1-5H3. The maximum absolute atomic E-state index is 12.3. The Kier molecular flexibility index (Phi) is 8.00. The number of rotatable bonds is 7. The number of hydrogen-bond acceptors (Lipinski definition) is 9. The summed E-state index contributed by atoms with van der Waals surface area (Å²) in [6.07, 6.45) is -1.95. The molecule has 1 aromatic rings. The predicted molar refractivity (Wildman–Crippen MR) is 110 cm³/mol. The van der Waals surface area contributed by atoms with Crippen molar-refractivity contribution >= 4 is 18.0 Å². The molecule has 0 fully saturated rings. The average Bonchev–Trinajstić information content (AvgIpc) is 2.70. The van der Waals surface area contributed by atoms with Crippen LogP contribution in [0.4, 0.5) is 15.3 Å². The van der Waals surface area contributed by atoms with Crippen molar-refractivity contribution in [1.82, 2.24) is 5.32 Å². The van der Waals surface area contributed by atoms with Crippen LogP contribution < -0.4 is 5.32 Å². The number of benzene rings is 1. The van der Waals surface area contributed by atoms with Gasteiger partial charge in [-0.25, -0.2) is 9.59 Å². The summed E-state index contributed by atoms with van der Waals surface area (Å²) in [5, 5.41) is 14.6. The van der Waals surface area contributed by atoms with Gasteiger partial charge in [-0.1, -0.05) is 32.0 Å². The molecule has 1 atom stereocenters. The average molecular weight is 434 g/mol. The molecule has 31 heavy (non-hydrogen) atoms. The van der Waals surface area contributed by atoms with Crippen molar-refractivity contribution in [2.45, 2.75) is 40.5 Å². The van der Waals surface area contributed by atoms with E-state index >= 15 is 0 Å². The summed E-state index contributed by atoms with van der Waals surface area (Å²) in [5.41, 5.74) is 0.783. The summed E-state index contributed by atoms with van der Waals surface area (Å²) >= 11 is 0. The summed E-state index contributed by atoms with van der Waals surface area (Å²) in [6, 6.07) is 5.94. The largest absolute Gasteiger partial charge is 0.513 e. The molecule has 168 valence electrons. The maximum Gasteiger partial charge on any atom is 0.513 e. The Hall–Kier alpha value is -3.56. The molecule has 0 aliphatic carbocycles. The lowest BCUT2D eigenvalue weighted by Gasteiger charge is -2.30. The fraction of sp³-hybridized carbons (Fsp3) is 0.429. The highest BCUT2D eigenvalue weighted by Crippen LogP contribution is 2.42. The van der Waals surface area contributed by atoms with Crippen molar-refractivity contribution < 1.29 is 33.5 Å². The van der Waals surface area contributed by atoms with Gasteiger partial charge in [0.25, 0.3) is 5.69 Å². The molecule has 0 aromatic heterocycles. The lowest BCUT2D eigenvalue weighted by atomic mass is 9.89. The summed E-state index contributed by atoms with van der Waals surface area (Å²) in [7, 11) is 0. The van der Waals surface area contributed by atoms with Crippen LogP contribution >= 0.6 is 0 Å². The number of nitro groups is 1. The molecule has 1 unspecified atom stereocenters. The highest BCUT2D eigenvalue weighted by molar-refractivity contribution is 5.66. The first kappa shape index (κ1) is 23.7. The molecular weight excluding hydrogens is 408 g/mol. The quantitative estimate of drug-likeness (QED) is 0.368. The Labute approximate surface area is 180 Å². The van der Waals surface area contributed by atoms with E-state index in [2.05, 4.69) is 5.32 Å². The van der Waals surface area contributed by atoms with E-state index in [0.29, 0.717) is 11.4 Å². The lowest BCUT2D eigenvalue weighted by Crippen LogP contribution is -2.29. The lowest BCUT2D eigenvalue weighted by molar-refractivity contribution is -0.385. The zero-order valence-electron chi connectivity index (χ0n) is 18.1. The minimum absolute atomic E-state index is 0.0185. The Morgan fingerprint density at radius 3 is 2.13 bits per heavy atom. The van der Waals surface area contributed by atoms with Gasteiger partial charge in [0.2, 0.25) is 0 Å². The molecule has 0 spiro atoms. The highest BCUT2D eigenvalue weighted by atomic mass is 16.7. The topological polar surface area (TPSA) is 126 Å². The molecule has 0 saturated heterocycles. The van der Waals surface area contributed by atoms with Crippen LogP contribution in [0.5, 0.6) is 0 Å². The SMILES string of the molecule is CCOC(=O)OC1=C(C)NC(C)=C(OC(=O)OCC(C)C)C1c1ccccc1[N+](=O)[O-]. The molecule has 1 aliphatic rings. The van der Waals surface area contributed by atoms with E-state index in [0.717, 1.165) is 0 Å². The van der Waals surface area contributed by atoms with Gasteiger partial charge in [-0.05, 0) is 26.7 Å². The van der Waals surface area contributed by atoms with Crippen LogP contribution in [0, 0.1) is 16.0 Å². The van der Waals surface area contributed by atoms with Crippen LogP contribution in [0.25, 0.3) is 0 Å². The number of hydrogen-bond donors (Lipinski definition) is 1. The molecule has 2 rings (SSSR count). The third-order valence-electron chi connectivity index (χ3n) is 4.27. The zero-order valence-corrected chi connectivity index (χ0v) is 18.1. The second-order valence-electron chi connectivity index (χ2n) is 7.19. The van der Waals surface area contributed by atoms with E-state index in [1.165, 1.54) is 18.2 Å². The van der Waals surface area contributed by atoms with Gasteiger partial charge in [0.15, 0.2) is 0 Å². The van der Waals surface area contributed by atoms with Crippen molar-refractivity contribution in [3.05, 3.63) is 62.9 Å². The number of carbonyl (C=O) groups is 2. The summed E-state index contributed by atoms with van der Waals surface area (Å²) in [4.78, 5) is 35.4. The van der Waals surface area contributed by atoms with E-state index in [4.69, 9.17) is 18.9 Å². The summed E-state index contributed by atoms with van der Waals surface area (Å²) < 4.78 is 20.8. The van der Waals surface area contributed by atoms with Gasteiger partial charge in [0.1, 0.15) is 17.4 Å². The van der Waals surface area contributed by atoms with Crippen molar-refractivity contribution in [1.29, 1.82) is 0 Å². The van der Waals surface area contributed by atoms with Crippen LogP contribution in [0.1, 0.15) is 46.1 Å². The maximum atomic E-state index is 12.3. The van der Waals surface area contributed by atoms with Crippen molar-refractivity contribution in [3.8, 4) is 0 Å². The molecule has 10 nitrogen and oxygen atoms in total. The predicted octanol–water partition coefficient (Wildman–Crippen LogP) is 4.73. The molecule has 0 amide bonds. The number of para-hydroxylation sites is 1. The Morgan fingerprint density at radius 1 is 1.06 bits per heavy atom. The van der Waals surface area contributed by atoms with Crippen LogP contribution in [0.3, 0.4) is 0 Å². The number of ether oxygens (including phenoxy) is 4. The normalized spacial score (nSPS) is 16.0. The Balaban J connectivity index is 2.54. The van der Waals surface area contributed by atoms with E-state index in [1.807, 2.05) is 13.8 Å². The number of carbonyl (C=O) groups excluding carboxylic acids is 2. The highest BCUT2D eigenvalue weighted by Gasteiger charge is 2.39. The second-order valence-corrected chi connectivity index (χ2v) is 7.19. The first-order chi connectivity index (χ1) is 14.6. The minimum Gasteiger partial charge on any atom is -0.434 e. The fourth-order valence-corrected chi connectivity index (χ4v) is 3.00. The third kappa shape index (κ3) is 5.97. The van der Waals surface area contributed by atoms with E-state index in [-0.39, 0.29) is 41.9 Å². The Morgan fingerprint density at radius 2 is 1.61 bits per heavy atom. The number of dihydropyridines is 1. The van der Waals surface area contributed by atoms with Gasteiger partial charge < -0.3 is 24.3 Å². The zero-order chi connectivity index (χ0) is 23.1. The summed E-state index contributed by atoms with van der Waals surface area (Å²) in [5.74, 6) is -0.931. The van der Waals surface area contributed by atoms with Crippen molar-refractivity contribution in [2.24, 2.45) is 5.92 Å². The minimum atomic E-state index is -1.06. The first-order valence-electron chi connectivity index (χ1n) is 9.76. The van der Waals surface area contributed by atoms with E-state index < -0.39 is 23.2 Å². The van der Waals surface area contributed by atoms with Gasteiger partial charge in [0, 0.05) is 11.6 Å². The monoisotopic (exact) mass is 434 g/mol. The molecule has 0 bridgehead atoms. The van der Waals surface area contributed by atoms with Crippen molar-refractivity contribution in [3.63, 3.8) is 0 Å². The molecule has 1 heterocycles. The third-order valence-corrected chi connectivity index (χ3v) is 4.27. The van der Waals surface area contributed by atoms with E-state index in [9.17, 15) is 19.7 Å². The summed E-state index contributed by atoms with van der Waals surface area (Å²) in [6.45, 7) is 8.83. The molecule has 1 aromatic carbocycles. The number of nitro benzene ring substituents is 1. The van der Waals surface area contributed by atoms with Gasteiger partial charge in [-0.3, -0.25) is 10.1 Å². The van der Waals surface area contributed by atoms with Crippen LogP contribution in [-0.4, -0.2) is 30.4 Å². The molecule has 10 heteroatoms. The first-order valence-corrected chi connectivity index (χ1v) is 9.76. The fourth-order valence-electron chi connectivity index (χ4n) is 3.00. The van der Waals surface area contributed by atoms with Crippen LogP contribution in [0.2, 0.25) is 0 Å². The van der Waals surface area contributed by atoms with Gasteiger partial charge in [-0.15, -0.1) is 0 Å². The van der Waals surface area contributed by atoms with Crippen LogP contribution in [0.15, 0.2) is 47.2 Å². The van der Waals surface area contributed by atoms with Crippen molar-refractivity contribution in [2.75, 3.05) is 13.2 Å². The number of nitrogens with one attached hydrogen (secondary N) is 1. The number of nitrogens with zero attached hydrogens (tertiary/aromatic N) is 1. The molecule has 1 N–H and O–H groups in total. The second kappa shape index (κ2) is 10.5. The van der Waals surface area contributed by atoms with E-state index in [1.54, 1.807) is 26.8 Å². The molecular formula is C21H26N2O8. The molecule has 0 radical (unpaired) electrons. The van der Waals surface area contributed by atoms with Gasteiger partial charge in [0.05, 0.1) is 29.5 Å². The van der Waals surface area contributed by atoms with Gasteiger partial charge in [-0.2, -0.15) is 0 Å². The van der Waals surface area contributed by atoms with Crippen LogP contribution in [-0.2, 0) is 18.9 Å². The Bertz CT molecular complexity index is 920.